The number of anilines is 1. The van der Waals surface area contributed by atoms with Crippen molar-refractivity contribution in [3.8, 4) is 0 Å². The van der Waals surface area contributed by atoms with Crippen molar-refractivity contribution in [2.45, 2.75) is 17.6 Å². The SMILES string of the molecule is Cc1cc(SCc2cc(C(N)=O)ccc2F)ccc1N. The maximum atomic E-state index is 13.7. The molecule has 0 radical (unpaired) electrons. The first-order valence-electron chi connectivity index (χ1n) is 6.04. The smallest absolute Gasteiger partial charge is 0.248 e. The third-order valence-corrected chi connectivity index (χ3v) is 4.01. The second-order valence-corrected chi connectivity index (χ2v) is 5.53. The molecule has 2 aromatic rings. The van der Waals surface area contributed by atoms with E-state index in [9.17, 15) is 9.18 Å². The van der Waals surface area contributed by atoms with Crippen LogP contribution in [-0.4, -0.2) is 5.91 Å². The van der Waals surface area contributed by atoms with Gasteiger partial charge in [-0.3, -0.25) is 4.79 Å². The molecule has 1 amide bonds. The molecule has 0 aliphatic rings. The van der Waals surface area contributed by atoms with Crippen LogP contribution in [0.15, 0.2) is 41.3 Å². The fourth-order valence-corrected chi connectivity index (χ4v) is 2.71. The number of amides is 1. The normalized spacial score (nSPS) is 10.5. The minimum Gasteiger partial charge on any atom is -0.399 e. The van der Waals surface area contributed by atoms with Gasteiger partial charge in [0.1, 0.15) is 5.82 Å². The number of primary amides is 1. The molecule has 3 nitrogen and oxygen atoms in total. The van der Waals surface area contributed by atoms with Crippen molar-refractivity contribution in [1.29, 1.82) is 0 Å². The summed E-state index contributed by atoms with van der Waals surface area (Å²) in [5.41, 5.74) is 13.4. The molecule has 5 heteroatoms. The van der Waals surface area contributed by atoms with E-state index >= 15 is 0 Å². The summed E-state index contributed by atoms with van der Waals surface area (Å²) in [5.74, 6) is -0.467. The minimum atomic E-state index is -0.556. The number of carbonyl (C=O) groups is 1. The number of aryl methyl sites for hydroxylation is 1. The van der Waals surface area contributed by atoms with Crippen LogP contribution in [0.5, 0.6) is 0 Å². The van der Waals surface area contributed by atoms with Gasteiger partial charge in [-0.05, 0) is 54.4 Å². The van der Waals surface area contributed by atoms with Gasteiger partial charge in [-0.1, -0.05) is 0 Å². The molecule has 2 rings (SSSR count). The van der Waals surface area contributed by atoms with Crippen LogP contribution in [-0.2, 0) is 5.75 Å². The molecule has 0 fully saturated rings. The minimum absolute atomic E-state index is 0.315. The van der Waals surface area contributed by atoms with Crippen molar-refractivity contribution in [2.24, 2.45) is 5.73 Å². The van der Waals surface area contributed by atoms with Crippen LogP contribution in [0.3, 0.4) is 0 Å². The van der Waals surface area contributed by atoms with Crippen molar-refractivity contribution in [3.63, 3.8) is 0 Å². The van der Waals surface area contributed by atoms with E-state index in [0.717, 1.165) is 16.1 Å². The molecule has 20 heavy (non-hydrogen) atoms. The van der Waals surface area contributed by atoms with E-state index < -0.39 is 5.91 Å². The van der Waals surface area contributed by atoms with Crippen molar-refractivity contribution in [2.75, 3.05) is 5.73 Å². The van der Waals surface area contributed by atoms with Crippen molar-refractivity contribution in [3.05, 3.63) is 58.9 Å². The van der Waals surface area contributed by atoms with Crippen molar-refractivity contribution in [1.82, 2.24) is 0 Å². The van der Waals surface area contributed by atoms with E-state index in [4.69, 9.17) is 11.5 Å². The number of benzene rings is 2. The summed E-state index contributed by atoms with van der Waals surface area (Å²) in [6.45, 7) is 1.92. The largest absolute Gasteiger partial charge is 0.399 e. The second kappa shape index (κ2) is 5.96. The summed E-state index contributed by atoms with van der Waals surface area (Å²) in [6.07, 6.45) is 0. The molecule has 0 bridgehead atoms. The molecule has 0 aliphatic heterocycles. The monoisotopic (exact) mass is 290 g/mol. The third kappa shape index (κ3) is 3.30. The van der Waals surface area contributed by atoms with Crippen LogP contribution in [0.25, 0.3) is 0 Å². The lowest BCUT2D eigenvalue weighted by Gasteiger charge is -2.07. The molecular weight excluding hydrogens is 275 g/mol. The highest BCUT2D eigenvalue weighted by molar-refractivity contribution is 7.98. The highest BCUT2D eigenvalue weighted by Crippen LogP contribution is 2.27. The topological polar surface area (TPSA) is 69.1 Å². The van der Waals surface area contributed by atoms with Gasteiger partial charge in [-0.25, -0.2) is 4.39 Å². The number of halogens is 1. The summed E-state index contributed by atoms with van der Waals surface area (Å²) in [5, 5.41) is 0. The number of hydrogen-bond donors (Lipinski definition) is 2. The quantitative estimate of drug-likeness (QED) is 0.671. The summed E-state index contributed by atoms with van der Waals surface area (Å²) < 4.78 is 13.7. The van der Waals surface area contributed by atoms with Gasteiger partial charge in [0.25, 0.3) is 0 Å². The van der Waals surface area contributed by atoms with Crippen LogP contribution in [0, 0.1) is 12.7 Å². The first kappa shape index (κ1) is 14.4. The van der Waals surface area contributed by atoms with Crippen LogP contribution in [0.1, 0.15) is 21.5 Å². The Morgan fingerprint density at radius 2 is 2.00 bits per heavy atom. The number of hydrogen-bond acceptors (Lipinski definition) is 3. The van der Waals surface area contributed by atoms with Gasteiger partial charge in [0, 0.05) is 21.9 Å². The van der Waals surface area contributed by atoms with Gasteiger partial charge in [0.15, 0.2) is 0 Å². The molecule has 0 saturated heterocycles. The molecule has 0 unspecified atom stereocenters. The maximum Gasteiger partial charge on any atom is 0.248 e. The Bertz CT molecular complexity index is 658. The van der Waals surface area contributed by atoms with Gasteiger partial charge >= 0.3 is 0 Å². The maximum absolute atomic E-state index is 13.7. The van der Waals surface area contributed by atoms with Crippen LogP contribution in [0.4, 0.5) is 10.1 Å². The van der Waals surface area contributed by atoms with Gasteiger partial charge in [-0.15, -0.1) is 11.8 Å². The first-order chi connectivity index (χ1) is 9.47. The molecule has 0 aromatic heterocycles. The van der Waals surface area contributed by atoms with Gasteiger partial charge in [0.2, 0.25) is 5.91 Å². The number of carbonyl (C=O) groups excluding carboxylic acids is 1. The van der Waals surface area contributed by atoms with Gasteiger partial charge < -0.3 is 11.5 Å². The molecule has 104 valence electrons. The molecule has 0 heterocycles. The summed E-state index contributed by atoms with van der Waals surface area (Å²) in [6, 6.07) is 9.82. The van der Waals surface area contributed by atoms with E-state index in [-0.39, 0.29) is 5.82 Å². The van der Waals surface area contributed by atoms with E-state index in [0.29, 0.717) is 16.9 Å². The second-order valence-electron chi connectivity index (χ2n) is 4.48. The lowest BCUT2D eigenvalue weighted by atomic mass is 10.1. The average molecular weight is 290 g/mol. The van der Waals surface area contributed by atoms with Gasteiger partial charge in [-0.2, -0.15) is 0 Å². The van der Waals surface area contributed by atoms with Gasteiger partial charge in [0.05, 0.1) is 0 Å². The van der Waals surface area contributed by atoms with E-state index in [1.54, 1.807) is 0 Å². The van der Waals surface area contributed by atoms with Crippen molar-refractivity contribution < 1.29 is 9.18 Å². The highest BCUT2D eigenvalue weighted by atomic mass is 32.2. The molecule has 0 spiro atoms. The third-order valence-electron chi connectivity index (χ3n) is 2.97. The zero-order chi connectivity index (χ0) is 14.7. The molecule has 2 aromatic carbocycles. The first-order valence-corrected chi connectivity index (χ1v) is 7.03. The molecule has 0 saturated carbocycles. The fraction of sp³-hybridized carbons (Fsp3) is 0.133. The zero-order valence-corrected chi connectivity index (χ0v) is 11.8. The number of rotatable bonds is 4. The molecule has 0 atom stereocenters. The Labute approximate surface area is 121 Å². The fourth-order valence-electron chi connectivity index (χ4n) is 1.74. The summed E-state index contributed by atoms with van der Waals surface area (Å²) in [7, 11) is 0. The summed E-state index contributed by atoms with van der Waals surface area (Å²) >= 11 is 1.48. The van der Waals surface area contributed by atoms with E-state index in [1.165, 1.54) is 30.0 Å². The van der Waals surface area contributed by atoms with E-state index in [1.807, 2.05) is 25.1 Å². The van der Waals surface area contributed by atoms with Crippen LogP contribution < -0.4 is 11.5 Å². The molecule has 4 N–H and O–H groups in total. The predicted octanol–water partition coefficient (Wildman–Crippen LogP) is 3.11. The Morgan fingerprint density at radius 1 is 1.25 bits per heavy atom. The Kier molecular flexibility index (Phi) is 4.29. The standard InChI is InChI=1S/C15H15FN2OS/c1-9-6-12(3-5-14(9)17)20-8-11-7-10(15(18)19)2-4-13(11)16/h2-7H,8,17H2,1H3,(H2,18,19). The number of thioether (sulfide) groups is 1. The Hall–Kier alpha value is -2.01. The average Bonchev–Trinajstić information content (AvgIpc) is 2.41. The predicted molar refractivity (Wildman–Crippen MR) is 80.1 cm³/mol. The van der Waals surface area contributed by atoms with Crippen LogP contribution in [0.2, 0.25) is 0 Å². The number of nitrogens with two attached hydrogens (primary N) is 2. The van der Waals surface area contributed by atoms with E-state index in [2.05, 4.69) is 0 Å². The summed E-state index contributed by atoms with van der Waals surface area (Å²) in [4.78, 5) is 12.1. The van der Waals surface area contributed by atoms with Crippen LogP contribution >= 0.6 is 11.8 Å². The molecule has 0 aliphatic carbocycles. The highest BCUT2D eigenvalue weighted by Gasteiger charge is 2.08. The zero-order valence-electron chi connectivity index (χ0n) is 11.0. The number of nitrogen functional groups attached to an aromatic ring is 1. The lowest BCUT2D eigenvalue weighted by molar-refractivity contribution is 0.1000. The Balaban J connectivity index is 2.15. The molecular formula is C15H15FN2OS. The lowest BCUT2D eigenvalue weighted by Crippen LogP contribution is -2.11. The Morgan fingerprint density at radius 3 is 2.65 bits per heavy atom. The van der Waals surface area contributed by atoms with Crippen molar-refractivity contribution >= 4 is 23.4 Å².